The van der Waals surface area contributed by atoms with E-state index in [1.807, 2.05) is 12.1 Å². The van der Waals surface area contributed by atoms with Crippen LogP contribution in [0.5, 0.6) is 0 Å². The first-order chi connectivity index (χ1) is 8.22. The molecule has 1 unspecified atom stereocenters. The molecule has 0 bridgehead atoms. The van der Waals surface area contributed by atoms with Crippen LogP contribution in [0, 0.1) is 0 Å². The molecule has 1 aliphatic rings. The smallest absolute Gasteiger partial charge is 0.128 e. The molecule has 94 valence electrons. The Bertz CT molecular complexity index is 348. The largest absolute Gasteiger partial charge is 0.389 e. The molecule has 1 aromatic heterocycles. The number of aliphatic hydroxyl groups excluding tert-OH is 1. The first-order valence-corrected chi connectivity index (χ1v) is 6.63. The second-order valence-electron chi connectivity index (χ2n) is 4.88. The zero-order valence-electron chi connectivity index (χ0n) is 10.8. The molecule has 0 saturated carbocycles. The molecular weight excluding hydrogens is 212 g/mol. The van der Waals surface area contributed by atoms with Gasteiger partial charge in [0, 0.05) is 18.8 Å². The van der Waals surface area contributed by atoms with Gasteiger partial charge >= 0.3 is 0 Å². The topological polar surface area (TPSA) is 36.4 Å². The second kappa shape index (κ2) is 5.50. The van der Waals surface area contributed by atoms with Gasteiger partial charge < -0.3 is 10.0 Å². The van der Waals surface area contributed by atoms with E-state index in [-0.39, 0.29) is 0 Å². The maximum atomic E-state index is 9.47. The zero-order valence-corrected chi connectivity index (χ0v) is 10.8. The minimum absolute atomic E-state index is 0.431. The molecule has 2 rings (SSSR count). The van der Waals surface area contributed by atoms with Crippen LogP contribution in [0.3, 0.4) is 0 Å². The molecule has 1 fully saturated rings. The summed E-state index contributed by atoms with van der Waals surface area (Å²) in [6.07, 6.45) is 6.41. The van der Waals surface area contributed by atoms with Crippen molar-refractivity contribution in [3.8, 4) is 0 Å². The predicted molar refractivity (Wildman–Crippen MR) is 70.1 cm³/mol. The van der Waals surface area contributed by atoms with E-state index in [1.165, 1.54) is 25.7 Å². The first-order valence-electron chi connectivity index (χ1n) is 6.63. The number of hydrogen-bond donors (Lipinski definition) is 1. The van der Waals surface area contributed by atoms with Crippen LogP contribution in [0.2, 0.25) is 0 Å². The highest BCUT2D eigenvalue weighted by Crippen LogP contribution is 2.25. The van der Waals surface area contributed by atoms with Crippen molar-refractivity contribution >= 4 is 5.82 Å². The van der Waals surface area contributed by atoms with Crippen molar-refractivity contribution in [2.24, 2.45) is 0 Å². The third kappa shape index (κ3) is 2.78. The number of anilines is 1. The van der Waals surface area contributed by atoms with Crippen LogP contribution in [-0.2, 0) is 0 Å². The fourth-order valence-corrected chi connectivity index (χ4v) is 2.54. The molecular formula is C14H22N2O. The van der Waals surface area contributed by atoms with E-state index >= 15 is 0 Å². The van der Waals surface area contributed by atoms with E-state index in [0.29, 0.717) is 6.04 Å². The van der Waals surface area contributed by atoms with Crippen molar-refractivity contribution in [3.63, 3.8) is 0 Å². The summed E-state index contributed by atoms with van der Waals surface area (Å²) in [5.74, 6) is 1.06. The quantitative estimate of drug-likeness (QED) is 0.873. The summed E-state index contributed by atoms with van der Waals surface area (Å²) in [6.45, 7) is 5.12. The molecule has 1 N–H and O–H groups in total. The molecule has 0 aromatic carbocycles. The van der Waals surface area contributed by atoms with E-state index in [1.54, 1.807) is 13.1 Å². The summed E-state index contributed by atoms with van der Waals surface area (Å²) >= 11 is 0. The number of hydrogen-bond acceptors (Lipinski definition) is 3. The molecule has 1 saturated heterocycles. The number of rotatable bonds is 3. The van der Waals surface area contributed by atoms with Gasteiger partial charge in [0.1, 0.15) is 5.82 Å². The fourth-order valence-electron chi connectivity index (χ4n) is 2.54. The van der Waals surface area contributed by atoms with Gasteiger partial charge in [0.15, 0.2) is 0 Å². The molecule has 0 spiro atoms. The highest BCUT2D eigenvalue weighted by atomic mass is 16.3. The SMILES string of the molecule is CCC1CCCCN1c1ccc([C@@H](C)O)cn1. The normalized spacial score (nSPS) is 22.5. The Morgan fingerprint density at radius 3 is 2.88 bits per heavy atom. The average Bonchev–Trinajstić information content (AvgIpc) is 2.39. The van der Waals surface area contributed by atoms with Crippen LogP contribution >= 0.6 is 0 Å². The van der Waals surface area contributed by atoms with Gasteiger partial charge in [-0.25, -0.2) is 4.98 Å². The van der Waals surface area contributed by atoms with Gasteiger partial charge in [0.2, 0.25) is 0 Å². The summed E-state index contributed by atoms with van der Waals surface area (Å²) < 4.78 is 0. The van der Waals surface area contributed by atoms with Crippen molar-refractivity contribution < 1.29 is 5.11 Å². The Labute approximate surface area is 103 Å². The van der Waals surface area contributed by atoms with Crippen LogP contribution in [0.4, 0.5) is 5.82 Å². The van der Waals surface area contributed by atoms with Crippen LogP contribution in [0.15, 0.2) is 18.3 Å². The van der Waals surface area contributed by atoms with Gasteiger partial charge in [0.05, 0.1) is 6.10 Å². The Hall–Kier alpha value is -1.09. The first kappa shape index (κ1) is 12.4. The van der Waals surface area contributed by atoms with Gasteiger partial charge in [-0.2, -0.15) is 0 Å². The maximum absolute atomic E-state index is 9.47. The number of aliphatic hydroxyl groups is 1. The molecule has 17 heavy (non-hydrogen) atoms. The van der Waals surface area contributed by atoms with Crippen LogP contribution in [-0.4, -0.2) is 22.7 Å². The summed E-state index contributed by atoms with van der Waals surface area (Å²) in [4.78, 5) is 6.90. The molecule has 1 aliphatic heterocycles. The van der Waals surface area contributed by atoms with Crippen LogP contribution in [0.1, 0.15) is 51.2 Å². The lowest BCUT2D eigenvalue weighted by Crippen LogP contribution is -2.39. The minimum Gasteiger partial charge on any atom is -0.389 e. The van der Waals surface area contributed by atoms with Crippen LogP contribution < -0.4 is 4.90 Å². The summed E-state index contributed by atoms with van der Waals surface area (Å²) in [5, 5.41) is 9.47. The van der Waals surface area contributed by atoms with E-state index in [9.17, 15) is 5.11 Å². The molecule has 3 heteroatoms. The second-order valence-corrected chi connectivity index (χ2v) is 4.88. The van der Waals surface area contributed by atoms with Crippen LogP contribution in [0.25, 0.3) is 0 Å². The van der Waals surface area contributed by atoms with Gasteiger partial charge in [-0.15, -0.1) is 0 Å². The van der Waals surface area contributed by atoms with Gasteiger partial charge in [-0.05, 0) is 44.2 Å². The predicted octanol–water partition coefficient (Wildman–Crippen LogP) is 2.90. The maximum Gasteiger partial charge on any atom is 0.128 e. The third-order valence-electron chi connectivity index (χ3n) is 3.65. The number of nitrogens with zero attached hydrogens (tertiary/aromatic N) is 2. The zero-order chi connectivity index (χ0) is 12.3. The molecule has 2 heterocycles. The van der Waals surface area contributed by atoms with E-state index in [0.717, 1.165) is 17.9 Å². The van der Waals surface area contributed by atoms with Gasteiger partial charge in [-0.3, -0.25) is 0 Å². The lowest BCUT2D eigenvalue weighted by atomic mass is 10.00. The lowest BCUT2D eigenvalue weighted by molar-refractivity contribution is 0.199. The molecule has 1 aromatic rings. The molecule has 0 radical (unpaired) electrons. The number of pyridine rings is 1. The highest BCUT2D eigenvalue weighted by Gasteiger charge is 2.21. The molecule has 3 nitrogen and oxygen atoms in total. The lowest BCUT2D eigenvalue weighted by Gasteiger charge is -2.36. The highest BCUT2D eigenvalue weighted by molar-refractivity contribution is 5.41. The summed E-state index contributed by atoms with van der Waals surface area (Å²) in [5.41, 5.74) is 0.888. The third-order valence-corrected chi connectivity index (χ3v) is 3.65. The Morgan fingerprint density at radius 1 is 1.47 bits per heavy atom. The standard InChI is InChI=1S/C14H22N2O/c1-3-13-6-4-5-9-16(13)14-8-7-12(10-15-14)11(2)17/h7-8,10-11,13,17H,3-6,9H2,1-2H3/t11-,13?/m1/s1. The Morgan fingerprint density at radius 2 is 2.29 bits per heavy atom. The molecule has 0 aliphatic carbocycles. The minimum atomic E-state index is -0.431. The van der Waals surface area contributed by atoms with Crippen molar-refractivity contribution in [2.45, 2.75) is 51.7 Å². The van der Waals surface area contributed by atoms with Crippen molar-refractivity contribution in [2.75, 3.05) is 11.4 Å². The van der Waals surface area contributed by atoms with Gasteiger partial charge in [0.25, 0.3) is 0 Å². The molecule has 0 amide bonds. The van der Waals surface area contributed by atoms with Gasteiger partial charge in [-0.1, -0.05) is 13.0 Å². The van der Waals surface area contributed by atoms with Crippen molar-refractivity contribution in [1.29, 1.82) is 0 Å². The van der Waals surface area contributed by atoms with E-state index < -0.39 is 6.10 Å². The fraction of sp³-hybridized carbons (Fsp3) is 0.643. The van der Waals surface area contributed by atoms with E-state index in [4.69, 9.17) is 0 Å². The van der Waals surface area contributed by atoms with Crippen molar-refractivity contribution in [3.05, 3.63) is 23.9 Å². The summed E-state index contributed by atoms with van der Waals surface area (Å²) in [6, 6.07) is 4.65. The summed E-state index contributed by atoms with van der Waals surface area (Å²) in [7, 11) is 0. The Kier molecular flexibility index (Phi) is 4.00. The average molecular weight is 234 g/mol. The van der Waals surface area contributed by atoms with E-state index in [2.05, 4.69) is 16.8 Å². The molecule has 2 atom stereocenters. The number of piperidine rings is 1. The Balaban J connectivity index is 2.15. The monoisotopic (exact) mass is 234 g/mol. The number of aromatic nitrogens is 1. The van der Waals surface area contributed by atoms with Crippen molar-refractivity contribution in [1.82, 2.24) is 4.98 Å².